The predicted molar refractivity (Wildman–Crippen MR) is 68.2 cm³/mol. The number of amides is 3. The molecule has 100 valence electrons. The summed E-state index contributed by atoms with van der Waals surface area (Å²) < 4.78 is 0. The monoisotopic (exact) mass is 261 g/mol. The minimum atomic E-state index is -1.15. The quantitative estimate of drug-likeness (QED) is 0.501. The first kappa shape index (κ1) is 13.2. The van der Waals surface area contributed by atoms with Crippen molar-refractivity contribution < 1.29 is 14.4 Å². The van der Waals surface area contributed by atoms with E-state index in [9.17, 15) is 14.4 Å². The van der Waals surface area contributed by atoms with E-state index in [0.717, 1.165) is 5.56 Å². The summed E-state index contributed by atoms with van der Waals surface area (Å²) in [6.45, 7) is 0. The van der Waals surface area contributed by atoms with Crippen LogP contribution in [0, 0.1) is 0 Å². The van der Waals surface area contributed by atoms with E-state index in [2.05, 4.69) is 5.32 Å². The van der Waals surface area contributed by atoms with Crippen LogP contribution in [0.3, 0.4) is 0 Å². The number of hydrogen-bond donors (Lipinski definition) is 3. The summed E-state index contributed by atoms with van der Waals surface area (Å²) in [5, 5.41) is 4.26. The molecule has 1 aromatic carbocycles. The minimum Gasteiger partial charge on any atom is -0.321 e. The van der Waals surface area contributed by atoms with Crippen molar-refractivity contribution in [2.45, 2.75) is 24.9 Å². The number of benzene rings is 1. The average Bonchev–Trinajstić information content (AvgIpc) is 2.75. The topological polar surface area (TPSA) is 101 Å². The first-order chi connectivity index (χ1) is 9.08. The van der Waals surface area contributed by atoms with Crippen LogP contribution in [0.1, 0.15) is 12.0 Å². The number of urea groups is 1. The average molecular weight is 261 g/mol. The molecule has 1 aliphatic heterocycles. The maximum atomic E-state index is 11.9. The van der Waals surface area contributed by atoms with Gasteiger partial charge in [-0.3, -0.25) is 14.9 Å². The van der Waals surface area contributed by atoms with E-state index < -0.39 is 29.8 Å². The third kappa shape index (κ3) is 3.17. The molecule has 0 radical (unpaired) electrons. The zero-order valence-electron chi connectivity index (χ0n) is 10.3. The highest BCUT2D eigenvalue weighted by Gasteiger charge is 2.37. The van der Waals surface area contributed by atoms with Crippen molar-refractivity contribution >= 4 is 17.7 Å². The minimum absolute atomic E-state index is 0.433. The summed E-state index contributed by atoms with van der Waals surface area (Å²) >= 11 is 0. The van der Waals surface area contributed by atoms with Crippen molar-refractivity contribution in [1.29, 1.82) is 0 Å². The van der Waals surface area contributed by atoms with Gasteiger partial charge in [0.1, 0.15) is 0 Å². The normalized spacial score (nSPS) is 19.7. The summed E-state index contributed by atoms with van der Waals surface area (Å²) in [6, 6.07) is 7.04. The van der Waals surface area contributed by atoms with E-state index in [1.807, 2.05) is 35.6 Å². The second kappa shape index (κ2) is 5.62. The van der Waals surface area contributed by atoms with Crippen molar-refractivity contribution in [2.75, 3.05) is 0 Å². The summed E-state index contributed by atoms with van der Waals surface area (Å²) in [6.07, 6.45) is 1.08. The van der Waals surface area contributed by atoms with Gasteiger partial charge in [-0.25, -0.2) is 4.79 Å². The number of imide groups is 1. The Morgan fingerprint density at radius 3 is 2.53 bits per heavy atom. The number of carbonyl (C=O) groups is 3. The molecule has 19 heavy (non-hydrogen) atoms. The van der Waals surface area contributed by atoms with Crippen molar-refractivity contribution in [1.82, 2.24) is 10.6 Å². The molecule has 0 aromatic heterocycles. The molecule has 6 heteroatoms. The molecule has 1 aromatic rings. The second-order valence-electron chi connectivity index (χ2n) is 4.43. The predicted octanol–water partition coefficient (Wildman–Crippen LogP) is -0.276. The summed E-state index contributed by atoms with van der Waals surface area (Å²) in [5.41, 5.74) is 6.85. The molecular formula is C13H15N3O3. The molecule has 1 saturated heterocycles. The van der Waals surface area contributed by atoms with Crippen LogP contribution in [0.5, 0.6) is 0 Å². The van der Waals surface area contributed by atoms with Crippen molar-refractivity contribution in [3.8, 4) is 0 Å². The van der Waals surface area contributed by atoms with Gasteiger partial charge in [-0.15, -0.1) is 0 Å². The van der Waals surface area contributed by atoms with Gasteiger partial charge in [0.25, 0.3) is 5.91 Å². The lowest BCUT2D eigenvalue weighted by Crippen LogP contribution is -2.47. The van der Waals surface area contributed by atoms with Gasteiger partial charge in [0.2, 0.25) is 0 Å². The van der Waals surface area contributed by atoms with E-state index in [-0.39, 0.29) is 0 Å². The number of ketones is 1. The lowest BCUT2D eigenvalue weighted by Gasteiger charge is -2.13. The second-order valence-corrected chi connectivity index (χ2v) is 4.43. The zero-order chi connectivity index (χ0) is 13.8. The lowest BCUT2D eigenvalue weighted by molar-refractivity contribution is -0.129. The maximum absolute atomic E-state index is 11.9. The first-order valence-corrected chi connectivity index (χ1v) is 6.02. The highest BCUT2D eigenvalue weighted by Crippen LogP contribution is 2.07. The Morgan fingerprint density at radius 2 is 1.95 bits per heavy atom. The van der Waals surface area contributed by atoms with Crippen LogP contribution in [-0.4, -0.2) is 29.8 Å². The molecule has 2 atom stereocenters. The van der Waals surface area contributed by atoms with Crippen LogP contribution in [0.4, 0.5) is 4.79 Å². The largest absolute Gasteiger partial charge is 0.322 e. The van der Waals surface area contributed by atoms with Crippen molar-refractivity contribution in [3.05, 3.63) is 35.9 Å². The number of carbonyl (C=O) groups excluding carboxylic acids is 3. The van der Waals surface area contributed by atoms with Crippen LogP contribution in [0.15, 0.2) is 30.3 Å². The molecule has 0 saturated carbocycles. The van der Waals surface area contributed by atoms with Gasteiger partial charge < -0.3 is 11.1 Å². The fraction of sp³-hybridized carbons (Fsp3) is 0.308. The molecule has 1 aliphatic rings. The van der Waals surface area contributed by atoms with E-state index in [0.29, 0.717) is 12.8 Å². The molecule has 6 nitrogen and oxygen atoms in total. The molecule has 1 fully saturated rings. The van der Waals surface area contributed by atoms with E-state index >= 15 is 0 Å². The van der Waals surface area contributed by atoms with Gasteiger partial charge in [0.05, 0.1) is 6.04 Å². The fourth-order valence-corrected chi connectivity index (χ4v) is 1.94. The van der Waals surface area contributed by atoms with Gasteiger partial charge in [-0.1, -0.05) is 30.3 Å². The van der Waals surface area contributed by atoms with Crippen molar-refractivity contribution in [2.24, 2.45) is 5.73 Å². The van der Waals surface area contributed by atoms with Gasteiger partial charge >= 0.3 is 6.03 Å². The molecule has 2 rings (SSSR count). The number of rotatable bonds is 5. The van der Waals surface area contributed by atoms with Crippen LogP contribution in [0.25, 0.3) is 0 Å². The molecule has 0 bridgehead atoms. The standard InChI is InChI=1S/C13H15N3O3/c14-9(7-6-8-4-2-1-3-5-8)11(17)10-12(18)16-13(19)15-10/h1-5,9-10H,6-7,14H2,(H2,15,16,18,19)/t9-,10?/m0/s1. The smallest absolute Gasteiger partial charge is 0.321 e. The number of nitrogens with one attached hydrogen (secondary N) is 2. The molecule has 1 unspecified atom stereocenters. The van der Waals surface area contributed by atoms with Gasteiger partial charge in [-0.05, 0) is 18.4 Å². The van der Waals surface area contributed by atoms with Gasteiger partial charge in [-0.2, -0.15) is 0 Å². The highest BCUT2D eigenvalue weighted by atomic mass is 16.2. The van der Waals surface area contributed by atoms with Crippen LogP contribution in [-0.2, 0) is 16.0 Å². The molecule has 3 amide bonds. The molecule has 0 aliphatic carbocycles. The molecule has 1 heterocycles. The Morgan fingerprint density at radius 1 is 1.26 bits per heavy atom. The first-order valence-electron chi connectivity index (χ1n) is 6.02. The summed E-state index contributed by atoms with van der Waals surface area (Å²) in [4.78, 5) is 34.2. The Bertz CT molecular complexity index is 501. The van der Waals surface area contributed by atoms with Gasteiger partial charge in [0, 0.05) is 0 Å². The van der Waals surface area contributed by atoms with Crippen LogP contribution < -0.4 is 16.4 Å². The third-order valence-electron chi connectivity index (χ3n) is 3.01. The van der Waals surface area contributed by atoms with Crippen LogP contribution >= 0.6 is 0 Å². The van der Waals surface area contributed by atoms with Crippen LogP contribution in [0.2, 0.25) is 0 Å². The Balaban J connectivity index is 1.89. The SMILES string of the molecule is N[C@@H](CCc1ccccc1)C(=O)C1NC(=O)NC1=O. The lowest BCUT2D eigenvalue weighted by atomic mass is 9.99. The van der Waals surface area contributed by atoms with Gasteiger partial charge in [0.15, 0.2) is 11.8 Å². The summed E-state index contributed by atoms with van der Waals surface area (Å²) in [5.74, 6) is -1.09. The van der Waals surface area contributed by atoms with E-state index in [1.54, 1.807) is 0 Å². The number of Topliss-reactive ketones (excluding diaryl/α,β-unsaturated/α-hetero) is 1. The maximum Gasteiger partial charge on any atom is 0.322 e. The number of nitrogens with two attached hydrogens (primary N) is 1. The third-order valence-corrected chi connectivity index (χ3v) is 3.01. The zero-order valence-corrected chi connectivity index (χ0v) is 10.3. The van der Waals surface area contributed by atoms with Crippen molar-refractivity contribution in [3.63, 3.8) is 0 Å². The summed E-state index contributed by atoms with van der Waals surface area (Å²) in [7, 11) is 0. The number of hydrogen-bond acceptors (Lipinski definition) is 4. The molecule has 4 N–H and O–H groups in total. The molecule has 0 spiro atoms. The Hall–Kier alpha value is -2.21. The highest BCUT2D eigenvalue weighted by molar-refractivity contribution is 6.17. The fourth-order valence-electron chi connectivity index (χ4n) is 1.94. The Kier molecular flexibility index (Phi) is 3.91. The molecular weight excluding hydrogens is 246 g/mol. The van der Waals surface area contributed by atoms with E-state index in [4.69, 9.17) is 5.73 Å². The number of aryl methyl sites for hydroxylation is 1. The Labute approximate surface area is 110 Å². The van der Waals surface area contributed by atoms with E-state index in [1.165, 1.54) is 0 Å².